The third-order valence-electron chi connectivity index (χ3n) is 11.4. The van der Waals surface area contributed by atoms with Crippen molar-refractivity contribution in [2.24, 2.45) is 0 Å². The molecule has 3 aliphatic carbocycles. The molecule has 0 saturated heterocycles. The third kappa shape index (κ3) is 4.37. The fraction of sp³-hybridized carbons (Fsp3) is 0.125. The Morgan fingerprint density at radius 3 is 2.25 bits per heavy atom. The van der Waals surface area contributed by atoms with E-state index in [2.05, 4.69) is 161 Å². The average Bonchev–Trinajstić information content (AvgIpc) is 3.86. The van der Waals surface area contributed by atoms with Gasteiger partial charge in [-0.2, -0.15) is 0 Å². The lowest BCUT2D eigenvalue weighted by atomic mass is 9.91. The van der Waals surface area contributed by atoms with Crippen LogP contribution in [-0.2, 0) is 12.8 Å². The number of hydrogen-bond donors (Lipinski definition) is 0. The zero-order valence-corrected chi connectivity index (χ0v) is 28.3. The zero-order valence-electron chi connectivity index (χ0n) is 28.3. The summed E-state index contributed by atoms with van der Waals surface area (Å²) >= 11 is 0. The smallest absolute Gasteiger partial charge is 0.159 e. The molecule has 0 fully saturated rings. The van der Waals surface area contributed by atoms with Crippen molar-refractivity contribution in [3.8, 4) is 16.8 Å². The Morgan fingerprint density at radius 1 is 0.608 bits per heavy atom. The second-order valence-corrected chi connectivity index (χ2v) is 14.3. The van der Waals surface area contributed by atoms with E-state index in [9.17, 15) is 0 Å². The van der Waals surface area contributed by atoms with Crippen LogP contribution in [0.1, 0.15) is 53.3 Å². The molecule has 1 unspecified atom stereocenters. The van der Waals surface area contributed by atoms with E-state index in [1.165, 1.54) is 77.3 Å². The number of allylic oxidation sites excluding steroid dienone is 6. The largest absolute Gasteiger partial charge is 0.454 e. The molecule has 0 aliphatic heterocycles. The minimum atomic E-state index is 0.364. The highest BCUT2D eigenvalue weighted by Gasteiger charge is 2.24. The molecule has 3 heterocycles. The monoisotopic (exact) mass is 656 g/mol. The van der Waals surface area contributed by atoms with E-state index in [0.29, 0.717) is 5.92 Å². The van der Waals surface area contributed by atoms with Crippen LogP contribution in [0.4, 0.5) is 0 Å². The van der Waals surface area contributed by atoms with Crippen LogP contribution in [0.15, 0.2) is 144 Å². The molecule has 5 aromatic carbocycles. The lowest BCUT2D eigenvalue weighted by Crippen LogP contribution is -2.05. The quantitative estimate of drug-likeness (QED) is 0.185. The van der Waals surface area contributed by atoms with Crippen LogP contribution >= 0.6 is 0 Å². The number of aryl methyl sites for hydroxylation is 1. The molecule has 0 bridgehead atoms. The first-order chi connectivity index (χ1) is 25.3. The maximum absolute atomic E-state index is 6.59. The number of fused-ring (bicyclic) bond motifs is 9. The van der Waals surface area contributed by atoms with Crippen molar-refractivity contribution >= 4 is 61.5 Å². The van der Waals surface area contributed by atoms with Crippen LogP contribution in [0.3, 0.4) is 0 Å². The van der Waals surface area contributed by atoms with Gasteiger partial charge in [0, 0.05) is 50.0 Å². The number of aromatic nitrogens is 2. The van der Waals surface area contributed by atoms with Gasteiger partial charge in [-0.05, 0) is 97.3 Å². The highest BCUT2D eigenvalue weighted by Crippen LogP contribution is 2.42. The zero-order chi connectivity index (χ0) is 33.5. The van der Waals surface area contributed by atoms with Gasteiger partial charge in [-0.1, -0.05) is 103 Å². The average molecular weight is 657 g/mol. The van der Waals surface area contributed by atoms with Gasteiger partial charge in [0.2, 0.25) is 0 Å². The summed E-state index contributed by atoms with van der Waals surface area (Å²) in [6.45, 7) is 0. The molecule has 8 aromatic rings. The predicted molar refractivity (Wildman–Crippen MR) is 213 cm³/mol. The first-order valence-corrected chi connectivity index (χ1v) is 18.3. The normalized spacial score (nSPS) is 16.7. The molecule has 51 heavy (non-hydrogen) atoms. The van der Waals surface area contributed by atoms with E-state index in [0.717, 1.165) is 49.1 Å². The van der Waals surface area contributed by atoms with Gasteiger partial charge in [0.15, 0.2) is 5.58 Å². The summed E-state index contributed by atoms with van der Waals surface area (Å²) in [5.41, 5.74) is 15.1. The van der Waals surface area contributed by atoms with E-state index >= 15 is 0 Å². The fourth-order valence-electron chi connectivity index (χ4n) is 9.06. The molecule has 3 nitrogen and oxygen atoms in total. The molecule has 0 amide bonds. The number of para-hydroxylation sites is 2. The third-order valence-corrected chi connectivity index (χ3v) is 11.4. The van der Waals surface area contributed by atoms with Gasteiger partial charge in [-0.25, -0.2) is 0 Å². The Morgan fingerprint density at radius 2 is 1.35 bits per heavy atom. The van der Waals surface area contributed by atoms with Gasteiger partial charge in [0.1, 0.15) is 5.76 Å². The Hall–Kier alpha value is -6.06. The van der Waals surface area contributed by atoms with Crippen LogP contribution in [0.25, 0.3) is 78.3 Å². The van der Waals surface area contributed by atoms with Crippen LogP contribution in [-0.4, -0.2) is 9.13 Å². The molecule has 1 atom stereocenters. The van der Waals surface area contributed by atoms with Gasteiger partial charge < -0.3 is 13.6 Å². The molecule has 244 valence electrons. The number of hydrogen-bond acceptors (Lipinski definition) is 1. The number of benzene rings is 5. The van der Waals surface area contributed by atoms with Crippen molar-refractivity contribution in [3.05, 3.63) is 168 Å². The topological polar surface area (TPSA) is 23.0 Å². The summed E-state index contributed by atoms with van der Waals surface area (Å²) in [6, 6.07) is 40.5. The second-order valence-electron chi connectivity index (χ2n) is 14.3. The summed E-state index contributed by atoms with van der Waals surface area (Å²) in [5.74, 6) is 1.38. The van der Waals surface area contributed by atoms with Crippen molar-refractivity contribution in [1.82, 2.24) is 9.13 Å². The molecule has 0 spiro atoms. The van der Waals surface area contributed by atoms with Crippen LogP contribution < -0.4 is 0 Å². The molecule has 0 radical (unpaired) electrons. The van der Waals surface area contributed by atoms with Crippen molar-refractivity contribution in [2.45, 2.75) is 38.0 Å². The van der Waals surface area contributed by atoms with E-state index in [1.807, 2.05) is 0 Å². The SMILES string of the molecule is C1=CC(c2ccccc2)CC(n2c3ccccc3c3cc(-c4ccc5c(c4)c4c(n5-c5cccc6c7c(oc56)C=CCC7)CCC=C4)ccc32)=C1. The highest BCUT2D eigenvalue weighted by atomic mass is 16.3. The van der Waals surface area contributed by atoms with Crippen LogP contribution in [0, 0.1) is 0 Å². The first-order valence-electron chi connectivity index (χ1n) is 18.3. The minimum absolute atomic E-state index is 0.364. The van der Waals surface area contributed by atoms with E-state index < -0.39 is 0 Å². The summed E-state index contributed by atoms with van der Waals surface area (Å²) in [6.07, 6.45) is 21.0. The summed E-state index contributed by atoms with van der Waals surface area (Å²) in [7, 11) is 0. The maximum atomic E-state index is 6.59. The molecular weight excluding hydrogens is 621 g/mol. The summed E-state index contributed by atoms with van der Waals surface area (Å²) in [5, 5.41) is 5.11. The number of rotatable bonds is 4. The minimum Gasteiger partial charge on any atom is -0.454 e. The maximum Gasteiger partial charge on any atom is 0.159 e. The molecule has 0 saturated carbocycles. The van der Waals surface area contributed by atoms with E-state index in [1.54, 1.807) is 0 Å². The lowest BCUT2D eigenvalue weighted by molar-refractivity contribution is 0.593. The summed E-state index contributed by atoms with van der Waals surface area (Å²) in [4.78, 5) is 0. The Kier molecular flexibility index (Phi) is 6.33. The first kappa shape index (κ1) is 28.7. The lowest BCUT2D eigenvalue weighted by Gasteiger charge is -2.21. The van der Waals surface area contributed by atoms with Crippen molar-refractivity contribution in [1.29, 1.82) is 0 Å². The molecule has 11 rings (SSSR count). The fourth-order valence-corrected chi connectivity index (χ4v) is 9.06. The Labute approximate surface area is 296 Å². The van der Waals surface area contributed by atoms with Gasteiger partial charge >= 0.3 is 0 Å². The highest BCUT2D eigenvalue weighted by molar-refractivity contribution is 6.11. The van der Waals surface area contributed by atoms with Gasteiger partial charge in [-0.15, -0.1) is 0 Å². The standard InChI is InChI=1S/C48H36N2O/c1-2-12-31(13-3-1)32-14-10-15-35(28-32)49-42-20-7-4-16-36(42)40-29-33(24-26-44(40)49)34-25-27-45-41(30-34)37-17-5-8-21-43(37)50(45)46-22-11-19-39-38-18-6-9-23-47(38)51-48(39)46/h1-5,7,9-17,19-20,22-27,29-30,32H,6,8,18,21,28H2. The molecular formula is C48H36N2O. The van der Waals surface area contributed by atoms with Crippen LogP contribution in [0.2, 0.25) is 0 Å². The van der Waals surface area contributed by atoms with Gasteiger partial charge in [-0.3, -0.25) is 0 Å². The molecule has 0 N–H and O–H groups in total. The van der Waals surface area contributed by atoms with Crippen molar-refractivity contribution < 1.29 is 4.42 Å². The summed E-state index contributed by atoms with van der Waals surface area (Å²) < 4.78 is 11.6. The van der Waals surface area contributed by atoms with Crippen molar-refractivity contribution in [3.63, 3.8) is 0 Å². The van der Waals surface area contributed by atoms with Gasteiger partial charge in [0.25, 0.3) is 0 Å². The number of nitrogens with zero attached hydrogens (tertiary/aromatic N) is 2. The van der Waals surface area contributed by atoms with E-state index in [4.69, 9.17) is 4.42 Å². The van der Waals surface area contributed by atoms with Crippen LogP contribution in [0.5, 0.6) is 0 Å². The molecule has 3 heteroatoms. The molecule has 3 aromatic heterocycles. The Bertz CT molecular complexity index is 2830. The number of furan rings is 1. The van der Waals surface area contributed by atoms with E-state index in [-0.39, 0.29) is 0 Å². The predicted octanol–water partition coefficient (Wildman–Crippen LogP) is 12.7. The van der Waals surface area contributed by atoms with Gasteiger partial charge in [0.05, 0.1) is 22.2 Å². The molecule has 3 aliphatic rings. The van der Waals surface area contributed by atoms with Crippen molar-refractivity contribution in [2.75, 3.05) is 0 Å². The Balaban J connectivity index is 1.05. The second kappa shape index (κ2) is 11.2.